The lowest BCUT2D eigenvalue weighted by molar-refractivity contribution is -0.152. The van der Waals surface area contributed by atoms with Crippen molar-refractivity contribution in [2.24, 2.45) is 5.41 Å². The molecule has 8 heteroatoms. The molecule has 0 radical (unpaired) electrons. The number of nitriles is 1. The third-order valence-corrected chi connectivity index (χ3v) is 8.23. The van der Waals surface area contributed by atoms with Crippen molar-refractivity contribution >= 4 is 11.5 Å². The number of hydrogen-bond donors (Lipinski definition) is 2. The SMILES string of the molecule is C=C1CC[C@@]2(CN(c3cnc(C(C)(C)O)cn3)C(O)O2)C[C@@]1(C)CN1/C=C/CCCc2ccc(C#N)cc21. The maximum absolute atomic E-state index is 10.9. The number of benzene rings is 1. The van der Waals surface area contributed by atoms with Gasteiger partial charge in [-0.25, -0.2) is 4.98 Å². The minimum Gasteiger partial charge on any atom is -0.384 e. The van der Waals surface area contributed by atoms with Crippen molar-refractivity contribution in [3.63, 3.8) is 0 Å². The molecule has 0 amide bonds. The van der Waals surface area contributed by atoms with Crippen molar-refractivity contribution in [2.75, 3.05) is 22.9 Å². The normalized spacial score (nSPS) is 28.5. The van der Waals surface area contributed by atoms with Gasteiger partial charge in [-0.05, 0) is 70.1 Å². The summed E-state index contributed by atoms with van der Waals surface area (Å²) in [5.74, 6) is 0.512. The van der Waals surface area contributed by atoms with Gasteiger partial charge in [0, 0.05) is 23.8 Å². The second kappa shape index (κ2) is 9.81. The van der Waals surface area contributed by atoms with E-state index in [1.165, 1.54) is 11.1 Å². The van der Waals surface area contributed by atoms with Crippen LogP contribution in [0.1, 0.15) is 69.7 Å². The molecule has 2 aromatic rings. The summed E-state index contributed by atoms with van der Waals surface area (Å²) in [6, 6.07) is 8.26. The second-order valence-electron chi connectivity index (χ2n) is 11.8. The van der Waals surface area contributed by atoms with Crippen molar-refractivity contribution < 1.29 is 14.9 Å². The zero-order chi connectivity index (χ0) is 27.1. The van der Waals surface area contributed by atoms with Crippen LogP contribution >= 0.6 is 0 Å². The Bertz CT molecular complexity index is 1280. The number of rotatable bonds is 4. The summed E-state index contributed by atoms with van der Waals surface area (Å²) in [5, 5.41) is 30.7. The van der Waals surface area contributed by atoms with Gasteiger partial charge >= 0.3 is 0 Å². The molecule has 1 unspecified atom stereocenters. The molecule has 8 nitrogen and oxygen atoms in total. The fourth-order valence-corrected chi connectivity index (χ4v) is 6.02. The van der Waals surface area contributed by atoms with E-state index in [4.69, 9.17) is 4.74 Å². The van der Waals surface area contributed by atoms with E-state index >= 15 is 0 Å². The van der Waals surface area contributed by atoms with Crippen molar-refractivity contribution in [2.45, 2.75) is 76.9 Å². The molecule has 1 aromatic carbocycles. The van der Waals surface area contributed by atoms with Crippen LogP contribution in [0.5, 0.6) is 0 Å². The van der Waals surface area contributed by atoms with Crippen LogP contribution in [-0.2, 0) is 16.8 Å². The number of aromatic nitrogens is 2. The second-order valence-corrected chi connectivity index (χ2v) is 11.8. The molecule has 38 heavy (non-hydrogen) atoms. The maximum atomic E-state index is 10.9. The van der Waals surface area contributed by atoms with Gasteiger partial charge < -0.3 is 24.7 Å². The zero-order valence-corrected chi connectivity index (χ0v) is 22.5. The summed E-state index contributed by atoms with van der Waals surface area (Å²) in [6.45, 7) is 11.2. The van der Waals surface area contributed by atoms with Gasteiger partial charge in [-0.15, -0.1) is 0 Å². The lowest BCUT2D eigenvalue weighted by Crippen LogP contribution is -2.48. The molecule has 0 bridgehead atoms. The largest absolute Gasteiger partial charge is 0.384 e. The predicted molar refractivity (Wildman–Crippen MR) is 146 cm³/mol. The highest BCUT2D eigenvalue weighted by molar-refractivity contribution is 5.60. The van der Waals surface area contributed by atoms with Gasteiger partial charge in [0.2, 0.25) is 6.41 Å². The van der Waals surface area contributed by atoms with Gasteiger partial charge in [0.15, 0.2) is 5.82 Å². The van der Waals surface area contributed by atoms with E-state index in [1.807, 2.05) is 12.1 Å². The molecule has 2 aliphatic heterocycles. The lowest BCUT2D eigenvalue weighted by Gasteiger charge is -2.47. The molecule has 2 N–H and O–H groups in total. The lowest BCUT2D eigenvalue weighted by atomic mass is 9.65. The molecular formula is C30H37N5O3. The average molecular weight is 516 g/mol. The van der Waals surface area contributed by atoms with Crippen LogP contribution in [0.2, 0.25) is 0 Å². The zero-order valence-electron chi connectivity index (χ0n) is 22.5. The Kier molecular flexibility index (Phi) is 6.80. The van der Waals surface area contributed by atoms with Gasteiger partial charge in [-0.3, -0.25) is 4.98 Å². The van der Waals surface area contributed by atoms with E-state index in [0.29, 0.717) is 36.6 Å². The number of fused-ring (bicyclic) bond motifs is 1. The Labute approximate surface area is 224 Å². The Balaban J connectivity index is 1.40. The van der Waals surface area contributed by atoms with E-state index in [9.17, 15) is 15.5 Å². The van der Waals surface area contributed by atoms with Gasteiger partial charge in [-0.2, -0.15) is 5.26 Å². The monoisotopic (exact) mass is 515 g/mol. The maximum Gasteiger partial charge on any atom is 0.239 e. The van der Waals surface area contributed by atoms with Crippen LogP contribution in [0, 0.1) is 16.7 Å². The van der Waals surface area contributed by atoms with Gasteiger partial charge in [0.1, 0.15) is 5.60 Å². The van der Waals surface area contributed by atoms with Crippen LogP contribution in [0.4, 0.5) is 11.5 Å². The minimum absolute atomic E-state index is 0.284. The Morgan fingerprint density at radius 1 is 1.26 bits per heavy atom. The minimum atomic E-state index is -1.13. The van der Waals surface area contributed by atoms with Gasteiger partial charge in [0.05, 0.1) is 41.9 Å². The third kappa shape index (κ3) is 5.06. The molecule has 3 aliphatic rings. The number of allylic oxidation sites excluding steroid dienone is 1. The molecule has 2 fully saturated rings. The highest BCUT2D eigenvalue weighted by Gasteiger charge is 2.52. The number of nitrogens with zero attached hydrogens (tertiary/aromatic N) is 5. The quantitative estimate of drug-likeness (QED) is 0.572. The fraction of sp³-hybridized carbons (Fsp3) is 0.500. The Morgan fingerprint density at radius 3 is 2.79 bits per heavy atom. The summed E-state index contributed by atoms with van der Waals surface area (Å²) < 4.78 is 6.28. The summed E-state index contributed by atoms with van der Waals surface area (Å²) >= 11 is 0. The van der Waals surface area contributed by atoms with Crippen LogP contribution in [0.15, 0.2) is 55.0 Å². The van der Waals surface area contributed by atoms with E-state index in [1.54, 1.807) is 31.1 Å². The number of aliphatic hydroxyl groups is 2. The van der Waals surface area contributed by atoms with E-state index in [2.05, 4.69) is 52.8 Å². The molecular weight excluding hydrogens is 478 g/mol. The smallest absolute Gasteiger partial charge is 0.239 e. The van der Waals surface area contributed by atoms with E-state index in [-0.39, 0.29) is 5.41 Å². The van der Waals surface area contributed by atoms with Gasteiger partial charge in [-0.1, -0.05) is 31.2 Å². The molecule has 1 aliphatic carbocycles. The van der Waals surface area contributed by atoms with Crippen molar-refractivity contribution in [3.05, 3.63) is 71.8 Å². The number of ether oxygens (including phenoxy) is 1. The molecule has 3 atom stereocenters. The van der Waals surface area contributed by atoms with Crippen LogP contribution < -0.4 is 9.80 Å². The Hall–Kier alpha value is -3.25. The highest BCUT2D eigenvalue weighted by atomic mass is 16.7. The first kappa shape index (κ1) is 26.4. The molecule has 1 aromatic heterocycles. The highest BCUT2D eigenvalue weighted by Crippen LogP contribution is 2.50. The molecule has 5 rings (SSSR count). The number of aliphatic hydroxyl groups excluding tert-OH is 1. The summed E-state index contributed by atoms with van der Waals surface area (Å²) in [5.41, 5.74) is 2.68. The molecule has 3 heterocycles. The topological polar surface area (TPSA) is 106 Å². The summed E-state index contributed by atoms with van der Waals surface area (Å²) in [4.78, 5) is 12.8. The standard InChI is InChI=1S/C30H37N5O3/c1-21-11-12-30(20-35(27(36)38-30)26-17-32-25(16-33-26)28(2,3)37)18-29(21,4)19-34-13-7-5-6-8-23-10-9-22(15-31)14-24(23)34/h7,9-10,13-14,16-17,27,36-37H,1,5-6,8,11-12,18-20H2,2-4H3/b13-7+/t27?,29-,30-/m0/s1. The first-order valence-corrected chi connectivity index (χ1v) is 13.3. The number of aryl methyl sites for hydroxylation is 1. The molecule has 200 valence electrons. The van der Waals surface area contributed by atoms with Crippen LogP contribution in [0.3, 0.4) is 0 Å². The molecule has 1 saturated carbocycles. The first-order chi connectivity index (χ1) is 18.0. The van der Waals surface area contributed by atoms with Gasteiger partial charge in [0.25, 0.3) is 0 Å². The predicted octanol–water partition coefficient (Wildman–Crippen LogP) is 4.53. The van der Waals surface area contributed by atoms with Crippen molar-refractivity contribution in [1.82, 2.24) is 9.97 Å². The Morgan fingerprint density at radius 2 is 2.08 bits per heavy atom. The van der Waals surface area contributed by atoms with Crippen LogP contribution in [0.25, 0.3) is 0 Å². The third-order valence-electron chi connectivity index (χ3n) is 8.23. The van der Waals surface area contributed by atoms with Crippen LogP contribution in [-0.4, -0.2) is 45.3 Å². The van der Waals surface area contributed by atoms with Crippen molar-refractivity contribution in [1.29, 1.82) is 5.26 Å². The number of anilines is 2. The number of hydrogen-bond acceptors (Lipinski definition) is 8. The van der Waals surface area contributed by atoms with E-state index < -0.39 is 17.6 Å². The summed E-state index contributed by atoms with van der Waals surface area (Å²) in [6.07, 6.45) is 11.7. The fourth-order valence-electron chi connectivity index (χ4n) is 6.02. The van der Waals surface area contributed by atoms with E-state index in [0.717, 1.165) is 37.8 Å². The van der Waals surface area contributed by atoms with Crippen molar-refractivity contribution in [3.8, 4) is 6.07 Å². The summed E-state index contributed by atoms with van der Waals surface area (Å²) in [7, 11) is 0. The average Bonchev–Trinajstić information content (AvgIpc) is 3.19. The molecule has 1 spiro atoms. The first-order valence-electron chi connectivity index (χ1n) is 13.3. The molecule has 1 saturated heterocycles.